The van der Waals surface area contributed by atoms with Crippen molar-refractivity contribution in [2.75, 3.05) is 11.6 Å². The first-order valence-electron chi connectivity index (χ1n) is 12.6. The van der Waals surface area contributed by atoms with Crippen molar-refractivity contribution in [2.45, 2.75) is 25.2 Å². The molecule has 3 aromatic heterocycles. The minimum atomic E-state index is -4.95. The van der Waals surface area contributed by atoms with E-state index in [1.807, 2.05) is 0 Å². The summed E-state index contributed by atoms with van der Waals surface area (Å²) in [4.78, 5) is 66.6. The van der Waals surface area contributed by atoms with Crippen LogP contribution >= 0.6 is 16.3 Å². The summed E-state index contributed by atoms with van der Waals surface area (Å²) in [5, 5.41) is 30.7. The maximum Gasteiger partial charge on any atom is 0.663 e. The Hall–Kier alpha value is -4.41. The Balaban J connectivity index is 1.27. The molecule has 240 valence electrons. The van der Waals surface area contributed by atoms with Gasteiger partial charge < -0.3 is 45.6 Å². The van der Waals surface area contributed by atoms with Crippen LogP contribution in [-0.4, -0.2) is 74.5 Å². The van der Waals surface area contributed by atoms with Crippen LogP contribution in [0.2, 0.25) is 0 Å². The molecular formula is C20H24N10O13P2+2. The highest BCUT2D eigenvalue weighted by Gasteiger charge is 2.53. The summed E-state index contributed by atoms with van der Waals surface area (Å²) in [5.41, 5.74) is 11.6. The van der Waals surface area contributed by atoms with Gasteiger partial charge >= 0.3 is 16.3 Å². The largest absolute Gasteiger partial charge is 0.663 e. The van der Waals surface area contributed by atoms with Gasteiger partial charge in [-0.1, -0.05) is 0 Å². The van der Waals surface area contributed by atoms with E-state index in [2.05, 4.69) is 30.9 Å². The standard InChI is InChI=1S/C20H22N10O13P2/c21-14-8-16(28-20(22)27-14)30(4-25-8)18-11(32)12-7(41-18)2-39-45(36,37)43-13-10(31)6(1-38-44(34,35)42-12)40-19(13)29-5-26-9-15(29)23-3-24-17(9)33/h1,3,5,10,16,20,25,27-28,31,34-37H,2,4,21-22H2/p+2/b6-1+/t10-,16?,20?/m1/s1. The maximum atomic E-state index is 12.1. The van der Waals surface area contributed by atoms with Crippen LogP contribution in [0.15, 0.2) is 51.2 Å². The van der Waals surface area contributed by atoms with Crippen molar-refractivity contribution in [1.29, 1.82) is 0 Å². The van der Waals surface area contributed by atoms with Crippen LogP contribution in [0.3, 0.4) is 0 Å². The third-order valence-electron chi connectivity index (χ3n) is 6.71. The molecule has 3 atom stereocenters. The van der Waals surface area contributed by atoms with Crippen molar-refractivity contribution in [3.8, 4) is 11.5 Å². The Bertz CT molecular complexity index is 1850. The normalized spacial score (nSPS) is 26.8. The molecule has 2 unspecified atom stereocenters. The van der Waals surface area contributed by atoms with E-state index in [0.717, 1.165) is 17.2 Å². The van der Waals surface area contributed by atoms with Gasteiger partial charge in [0.1, 0.15) is 24.6 Å². The molecule has 4 aliphatic heterocycles. The number of ether oxygens (including phenoxy) is 1. The first-order chi connectivity index (χ1) is 21.3. The lowest BCUT2D eigenvalue weighted by atomic mass is 10.3. The average molecular weight is 674 g/mol. The Labute approximate surface area is 249 Å². The predicted molar refractivity (Wildman–Crippen MR) is 147 cm³/mol. The molecule has 7 rings (SSSR count). The number of fused-ring (bicyclic) bond motifs is 5. The molecule has 0 spiro atoms. The zero-order chi connectivity index (χ0) is 31.8. The second-order valence-corrected chi connectivity index (χ2v) is 12.4. The van der Waals surface area contributed by atoms with E-state index in [-0.39, 0.29) is 29.5 Å². The van der Waals surface area contributed by atoms with Crippen LogP contribution in [0.25, 0.3) is 17.0 Å². The van der Waals surface area contributed by atoms with Gasteiger partial charge in [0, 0.05) is 0 Å². The molecular weight excluding hydrogens is 650 g/mol. The number of aromatic hydroxyl groups is 1. The fraction of sp³-hybridized carbons (Fsp3) is 0.250. The average Bonchev–Trinajstić information content (AvgIpc) is 3.72. The number of anilines is 1. The number of nitrogens with zero attached hydrogens (tertiary/aromatic N) is 4. The molecule has 3 aromatic rings. The number of aromatic amines is 1. The fourth-order valence-corrected chi connectivity index (χ4v) is 6.25. The van der Waals surface area contributed by atoms with Gasteiger partial charge in [-0.3, -0.25) is 24.9 Å². The van der Waals surface area contributed by atoms with Crippen LogP contribution < -0.4 is 42.4 Å². The molecule has 23 nitrogen and oxygen atoms in total. The van der Waals surface area contributed by atoms with Gasteiger partial charge in [0.15, 0.2) is 41.7 Å². The van der Waals surface area contributed by atoms with E-state index >= 15 is 0 Å². The minimum absolute atomic E-state index is 0.0138. The highest BCUT2D eigenvalue weighted by atomic mass is 31.2. The topological polar surface area (TPSA) is 336 Å². The molecule has 7 heterocycles. The number of aromatic nitrogens is 4. The van der Waals surface area contributed by atoms with Gasteiger partial charge in [-0.05, 0) is 0 Å². The van der Waals surface area contributed by atoms with E-state index in [1.54, 1.807) is 0 Å². The summed E-state index contributed by atoms with van der Waals surface area (Å²) in [7, 11) is -9.89. The number of imidazole rings is 1. The molecule has 14 N–H and O–H groups in total. The molecule has 25 heteroatoms. The second kappa shape index (κ2) is 10.3. The zero-order valence-electron chi connectivity index (χ0n) is 22.3. The van der Waals surface area contributed by atoms with Crippen LogP contribution in [0.4, 0.5) is 5.88 Å². The maximum absolute atomic E-state index is 12.1. The van der Waals surface area contributed by atoms with Crippen molar-refractivity contribution >= 4 is 39.3 Å². The summed E-state index contributed by atoms with van der Waals surface area (Å²) in [6.45, 7) is -0.889. The van der Waals surface area contributed by atoms with E-state index in [1.165, 1.54) is 4.90 Å². The van der Waals surface area contributed by atoms with E-state index < -0.39 is 81.7 Å². The molecule has 2 bridgehead atoms. The lowest BCUT2D eigenvalue weighted by Crippen LogP contribution is -2.61. The predicted octanol–water partition coefficient (Wildman–Crippen LogP) is -3.00. The highest BCUT2D eigenvalue weighted by Crippen LogP contribution is 2.61. The Morgan fingerprint density at radius 2 is 1.93 bits per heavy atom. The van der Waals surface area contributed by atoms with Crippen LogP contribution in [0.5, 0.6) is 11.5 Å². The first kappa shape index (κ1) is 29.3. The highest BCUT2D eigenvalue weighted by molar-refractivity contribution is 7.55. The smallest absolute Gasteiger partial charge is 0.500 e. The number of rotatable bonds is 2. The van der Waals surface area contributed by atoms with Gasteiger partial charge in [-0.25, -0.2) is 19.1 Å². The van der Waals surface area contributed by atoms with Gasteiger partial charge in [-0.2, -0.15) is 19.6 Å². The molecule has 0 radical (unpaired) electrons. The number of aliphatic hydroxyl groups excluding tert-OH is 1. The zero-order valence-corrected chi connectivity index (χ0v) is 24.0. The van der Waals surface area contributed by atoms with E-state index in [9.17, 15) is 34.6 Å². The summed E-state index contributed by atoms with van der Waals surface area (Å²) >= 11 is 0. The molecule has 0 saturated carbocycles. The molecule has 0 aromatic carbocycles. The Kier molecular flexibility index (Phi) is 6.72. The van der Waals surface area contributed by atoms with Crippen molar-refractivity contribution in [3.05, 3.63) is 58.1 Å². The molecule has 0 amide bonds. The van der Waals surface area contributed by atoms with Crippen molar-refractivity contribution < 1.29 is 57.0 Å². The van der Waals surface area contributed by atoms with Crippen LogP contribution in [0, 0.1) is 0 Å². The quantitative estimate of drug-likeness (QED) is 0.120. The molecule has 4 aliphatic rings. The second-order valence-electron chi connectivity index (χ2n) is 9.59. The van der Waals surface area contributed by atoms with Gasteiger partial charge in [-0.15, -0.1) is 4.52 Å². The van der Waals surface area contributed by atoms with E-state index in [0.29, 0.717) is 12.0 Å². The lowest BCUT2D eigenvalue weighted by molar-refractivity contribution is 0.102. The summed E-state index contributed by atoms with van der Waals surface area (Å²) in [6.07, 6.45) is -0.775. The molecule has 1 fully saturated rings. The van der Waals surface area contributed by atoms with Gasteiger partial charge in [0.2, 0.25) is 11.6 Å². The Morgan fingerprint density at radius 1 is 1.13 bits per heavy atom. The van der Waals surface area contributed by atoms with Crippen molar-refractivity contribution in [1.82, 2.24) is 35.5 Å². The summed E-state index contributed by atoms with van der Waals surface area (Å²) < 4.78 is 33.0. The lowest BCUT2D eigenvalue weighted by Gasteiger charge is -2.32. The van der Waals surface area contributed by atoms with Gasteiger partial charge in [0.05, 0.1) is 18.7 Å². The summed E-state index contributed by atoms with van der Waals surface area (Å²) in [5.74, 6) is -3.69. The SMILES string of the molecule is NC1=C2NCN(c3oc4c(c3O)O[P+](O)(O)O/C=C3/OC(n5cnc6c(=O)[nH]cnc65)=C(O[P+](O)(O)OC4)[C@@H]3O)C2NC(N)N1. The van der Waals surface area contributed by atoms with Crippen molar-refractivity contribution in [2.24, 2.45) is 11.5 Å². The number of hydrogen-bond acceptors (Lipinski definition) is 21. The number of furan rings is 1. The first-order valence-corrected chi connectivity index (χ1v) is 15.6. The van der Waals surface area contributed by atoms with Crippen LogP contribution in [0.1, 0.15) is 5.76 Å². The number of nitrogens with one attached hydrogen (secondary N) is 4. The number of H-pyrrole nitrogens is 1. The molecule has 1 saturated heterocycles. The molecule has 45 heavy (non-hydrogen) atoms. The van der Waals surface area contributed by atoms with Crippen molar-refractivity contribution in [3.63, 3.8) is 0 Å². The third kappa shape index (κ3) is 5.02. The van der Waals surface area contributed by atoms with Gasteiger partial charge in [0.25, 0.3) is 23.0 Å². The third-order valence-corrected chi connectivity index (χ3v) is 8.41. The minimum Gasteiger partial charge on any atom is -0.500 e. The summed E-state index contributed by atoms with van der Waals surface area (Å²) in [6, 6.07) is 0. The van der Waals surface area contributed by atoms with E-state index in [4.69, 9.17) is 38.7 Å². The number of aliphatic hydroxyl groups is 1. The molecule has 0 aliphatic carbocycles. The number of hydrogen-bond donors (Lipinski definition) is 12. The Morgan fingerprint density at radius 3 is 2.73 bits per heavy atom. The fourth-order valence-electron chi connectivity index (χ4n) is 4.76. The monoisotopic (exact) mass is 674 g/mol. The van der Waals surface area contributed by atoms with Crippen LogP contribution in [-0.2, 0) is 24.9 Å². The number of nitrogens with two attached hydrogens (primary N) is 2.